The summed E-state index contributed by atoms with van der Waals surface area (Å²) in [6.45, 7) is 3.63. The van der Waals surface area contributed by atoms with Crippen LogP contribution in [0.1, 0.15) is 25.0 Å². The number of benzene rings is 1. The first-order chi connectivity index (χ1) is 13.6. The molecule has 1 N–H and O–H groups in total. The highest BCUT2D eigenvalue weighted by Crippen LogP contribution is 2.26. The molecule has 0 bridgehead atoms. The van der Waals surface area contributed by atoms with Crippen LogP contribution in [0.25, 0.3) is 0 Å². The third-order valence-electron chi connectivity index (χ3n) is 4.44. The fraction of sp³-hybridized carbons (Fsp3) is 0.450. The average molecular weight is 386 g/mol. The van der Waals surface area contributed by atoms with Gasteiger partial charge in [-0.05, 0) is 26.2 Å². The van der Waals surface area contributed by atoms with Gasteiger partial charge in [0, 0.05) is 48.7 Å². The molecule has 1 saturated heterocycles. The first kappa shape index (κ1) is 19.7. The fourth-order valence-corrected chi connectivity index (χ4v) is 3.05. The molecule has 1 fully saturated rings. The van der Waals surface area contributed by atoms with Gasteiger partial charge in [-0.3, -0.25) is 4.79 Å². The molecule has 0 aliphatic carbocycles. The summed E-state index contributed by atoms with van der Waals surface area (Å²) < 4.78 is 16.0. The van der Waals surface area contributed by atoms with Crippen molar-refractivity contribution < 1.29 is 19.0 Å². The van der Waals surface area contributed by atoms with Crippen molar-refractivity contribution in [1.29, 1.82) is 0 Å². The molecule has 1 aromatic carbocycles. The summed E-state index contributed by atoms with van der Waals surface area (Å²) in [7, 11) is 3.11. The van der Waals surface area contributed by atoms with E-state index in [2.05, 4.69) is 20.2 Å². The van der Waals surface area contributed by atoms with Gasteiger partial charge in [-0.1, -0.05) is 0 Å². The maximum atomic E-state index is 12.3. The molecule has 8 heteroatoms. The first-order valence-electron chi connectivity index (χ1n) is 9.34. The van der Waals surface area contributed by atoms with E-state index >= 15 is 0 Å². The molecule has 8 nitrogen and oxygen atoms in total. The van der Waals surface area contributed by atoms with E-state index in [0.717, 1.165) is 31.6 Å². The lowest BCUT2D eigenvalue weighted by atomic mass is 10.1. The van der Waals surface area contributed by atoms with E-state index in [1.54, 1.807) is 38.5 Å². The van der Waals surface area contributed by atoms with Crippen LogP contribution < -0.4 is 24.4 Å². The molecule has 0 saturated carbocycles. The van der Waals surface area contributed by atoms with Gasteiger partial charge in [-0.15, -0.1) is 0 Å². The van der Waals surface area contributed by atoms with Crippen molar-refractivity contribution in [3.8, 4) is 17.4 Å². The van der Waals surface area contributed by atoms with Crippen molar-refractivity contribution in [3.05, 3.63) is 30.0 Å². The largest absolute Gasteiger partial charge is 0.497 e. The van der Waals surface area contributed by atoms with Crippen LogP contribution in [0, 0.1) is 6.92 Å². The number of carbonyl (C=O) groups excluding carboxylic acids is 1. The van der Waals surface area contributed by atoms with Crippen LogP contribution in [0.15, 0.2) is 24.3 Å². The summed E-state index contributed by atoms with van der Waals surface area (Å²) in [5.41, 5.74) is 1.38. The molecule has 2 heterocycles. The third-order valence-corrected chi connectivity index (χ3v) is 4.44. The number of aryl methyl sites for hydroxylation is 1. The van der Waals surface area contributed by atoms with Gasteiger partial charge in [-0.2, -0.15) is 4.98 Å². The maximum Gasteiger partial charge on any atom is 0.262 e. The fourth-order valence-electron chi connectivity index (χ4n) is 3.05. The number of ether oxygens (including phenoxy) is 3. The molecular formula is C20H26N4O4. The van der Waals surface area contributed by atoms with E-state index in [4.69, 9.17) is 14.2 Å². The van der Waals surface area contributed by atoms with Crippen molar-refractivity contribution >= 4 is 17.5 Å². The number of aromatic nitrogens is 2. The Balaban J connectivity index is 1.62. The van der Waals surface area contributed by atoms with Gasteiger partial charge < -0.3 is 24.4 Å². The lowest BCUT2D eigenvalue weighted by molar-refractivity contribution is -0.118. The van der Waals surface area contributed by atoms with Crippen LogP contribution >= 0.6 is 0 Å². The van der Waals surface area contributed by atoms with Crippen molar-refractivity contribution in [3.63, 3.8) is 0 Å². The zero-order valence-corrected chi connectivity index (χ0v) is 16.5. The highest BCUT2D eigenvalue weighted by Gasteiger charge is 2.15. The minimum Gasteiger partial charge on any atom is -0.497 e. The Hall–Kier alpha value is -3.03. The monoisotopic (exact) mass is 386 g/mol. The van der Waals surface area contributed by atoms with Crippen LogP contribution in [0.3, 0.4) is 0 Å². The minimum absolute atomic E-state index is 0.157. The number of amides is 1. The summed E-state index contributed by atoms with van der Waals surface area (Å²) in [6.07, 6.45) is 3.51. The number of nitrogens with one attached hydrogen (secondary N) is 1. The molecule has 1 aromatic heterocycles. The van der Waals surface area contributed by atoms with Gasteiger partial charge in [0.1, 0.15) is 11.5 Å². The van der Waals surface area contributed by atoms with Gasteiger partial charge in [0.25, 0.3) is 5.91 Å². The summed E-state index contributed by atoms with van der Waals surface area (Å²) in [6, 6.07) is 6.89. The third kappa shape index (κ3) is 5.25. The maximum absolute atomic E-state index is 12.3. The number of anilines is 2. The molecule has 28 heavy (non-hydrogen) atoms. The van der Waals surface area contributed by atoms with E-state index in [0.29, 0.717) is 29.0 Å². The Kier molecular flexibility index (Phi) is 6.52. The topological polar surface area (TPSA) is 85.8 Å². The molecule has 1 amide bonds. The molecule has 0 atom stereocenters. The van der Waals surface area contributed by atoms with Gasteiger partial charge in [0.05, 0.1) is 14.2 Å². The number of hydrogen-bond acceptors (Lipinski definition) is 7. The number of methoxy groups -OCH3 is 2. The summed E-state index contributed by atoms with van der Waals surface area (Å²) in [4.78, 5) is 23.4. The van der Waals surface area contributed by atoms with Crippen molar-refractivity contribution in [2.45, 2.75) is 26.2 Å². The van der Waals surface area contributed by atoms with Gasteiger partial charge >= 0.3 is 0 Å². The van der Waals surface area contributed by atoms with E-state index in [1.807, 2.05) is 6.92 Å². The number of nitrogens with zero attached hydrogens (tertiary/aromatic N) is 3. The Labute approximate surface area is 164 Å². The second-order valence-electron chi connectivity index (χ2n) is 6.63. The van der Waals surface area contributed by atoms with Crippen molar-refractivity contribution in [1.82, 2.24) is 9.97 Å². The predicted octanol–water partition coefficient (Wildman–Crippen LogP) is 2.81. The molecule has 2 aromatic rings. The number of piperidine rings is 1. The Morgan fingerprint density at radius 3 is 2.36 bits per heavy atom. The van der Waals surface area contributed by atoms with E-state index in [9.17, 15) is 4.79 Å². The molecule has 1 aliphatic rings. The Morgan fingerprint density at radius 1 is 1.04 bits per heavy atom. The highest BCUT2D eigenvalue weighted by molar-refractivity contribution is 5.92. The molecule has 3 rings (SSSR count). The normalized spacial score (nSPS) is 13.8. The zero-order valence-electron chi connectivity index (χ0n) is 16.5. The van der Waals surface area contributed by atoms with Crippen LogP contribution in [-0.4, -0.2) is 49.8 Å². The van der Waals surface area contributed by atoms with Gasteiger partial charge in [0.2, 0.25) is 11.8 Å². The lowest BCUT2D eigenvalue weighted by Crippen LogP contribution is -2.31. The summed E-state index contributed by atoms with van der Waals surface area (Å²) in [5, 5.41) is 2.78. The van der Waals surface area contributed by atoms with Gasteiger partial charge in [-0.25, -0.2) is 4.98 Å². The Morgan fingerprint density at radius 2 is 1.71 bits per heavy atom. The molecule has 150 valence electrons. The first-order valence-corrected chi connectivity index (χ1v) is 9.34. The van der Waals surface area contributed by atoms with Crippen LogP contribution in [-0.2, 0) is 4.79 Å². The van der Waals surface area contributed by atoms with E-state index in [1.165, 1.54) is 6.42 Å². The zero-order chi connectivity index (χ0) is 19.9. The molecular weight excluding hydrogens is 360 g/mol. The number of hydrogen-bond donors (Lipinski definition) is 1. The second kappa shape index (κ2) is 9.25. The quantitative estimate of drug-likeness (QED) is 0.783. The highest BCUT2D eigenvalue weighted by atomic mass is 16.5. The van der Waals surface area contributed by atoms with Crippen LogP contribution in [0.2, 0.25) is 0 Å². The van der Waals surface area contributed by atoms with E-state index < -0.39 is 0 Å². The molecule has 1 aliphatic heterocycles. The standard InChI is InChI=1S/C20H26N4O4/c1-14-9-19(23-20(21-14)24-7-5-4-6-8-24)28-13-18(25)22-15-10-16(26-2)12-17(11-15)27-3/h9-12H,4-8,13H2,1-3H3,(H,22,25). The lowest BCUT2D eigenvalue weighted by Gasteiger charge is -2.26. The second-order valence-corrected chi connectivity index (χ2v) is 6.63. The summed E-state index contributed by atoms with van der Waals surface area (Å²) in [5.74, 6) is 1.94. The summed E-state index contributed by atoms with van der Waals surface area (Å²) >= 11 is 0. The SMILES string of the molecule is COc1cc(NC(=O)COc2cc(C)nc(N3CCCCC3)n2)cc(OC)c1. The van der Waals surface area contributed by atoms with Crippen molar-refractivity contribution in [2.24, 2.45) is 0 Å². The van der Waals surface area contributed by atoms with Gasteiger partial charge in [0.15, 0.2) is 6.61 Å². The van der Waals surface area contributed by atoms with Crippen LogP contribution in [0.4, 0.5) is 11.6 Å². The molecule has 0 unspecified atom stereocenters. The Bertz CT molecular complexity index is 800. The predicted molar refractivity (Wildman–Crippen MR) is 107 cm³/mol. The minimum atomic E-state index is -0.300. The van der Waals surface area contributed by atoms with E-state index in [-0.39, 0.29) is 12.5 Å². The van der Waals surface area contributed by atoms with Crippen LogP contribution in [0.5, 0.6) is 17.4 Å². The molecule has 0 spiro atoms. The number of carbonyl (C=O) groups is 1. The molecule has 0 radical (unpaired) electrons. The number of rotatable bonds is 7. The average Bonchev–Trinajstić information content (AvgIpc) is 2.72. The van der Waals surface area contributed by atoms with Crippen molar-refractivity contribution in [2.75, 3.05) is 44.1 Å². The smallest absolute Gasteiger partial charge is 0.262 e.